The first-order valence-corrected chi connectivity index (χ1v) is 8.63. The van der Waals surface area contributed by atoms with Crippen LogP contribution in [0.2, 0.25) is 0 Å². The molecule has 27 heavy (non-hydrogen) atoms. The Labute approximate surface area is 158 Å². The predicted octanol–water partition coefficient (Wildman–Crippen LogP) is 3.74. The average molecular weight is 369 g/mol. The zero-order chi connectivity index (χ0) is 20.2. The fourth-order valence-corrected chi connectivity index (χ4v) is 2.52. The van der Waals surface area contributed by atoms with Gasteiger partial charge in [-0.05, 0) is 51.0 Å². The standard InChI is InChI=1S/C20H23N3O4/c1-5-14-10-12-15(13-11-14)18(24)21-22(20(2,3)4)19(25)16-8-6-7-9-17(16)23(26)27/h6-13H,5H2,1-4H3,(H,21,24). The van der Waals surface area contributed by atoms with E-state index in [4.69, 9.17) is 0 Å². The first-order chi connectivity index (χ1) is 12.6. The van der Waals surface area contributed by atoms with E-state index in [1.165, 1.54) is 18.2 Å². The summed E-state index contributed by atoms with van der Waals surface area (Å²) >= 11 is 0. The van der Waals surface area contributed by atoms with Gasteiger partial charge in [0, 0.05) is 11.6 Å². The molecule has 0 atom stereocenters. The largest absolute Gasteiger partial charge is 0.282 e. The van der Waals surface area contributed by atoms with Crippen LogP contribution in [0.1, 0.15) is 54.0 Å². The number of benzene rings is 2. The van der Waals surface area contributed by atoms with E-state index in [1.54, 1.807) is 39.0 Å². The summed E-state index contributed by atoms with van der Waals surface area (Å²) in [5.41, 5.74) is 2.91. The highest BCUT2D eigenvalue weighted by Crippen LogP contribution is 2.23. The number of hydrogen-bond donors (Lipinski definition) is 1. The van der Waals surface area contributed by atoms with E-state index < -0.39 is 22.3 Å². The highest BCUT2D eigenvalue weighted by atomic mass is 16.6. The van der Waals surface area contributed by atoms with Crippen LogP contribution in [0.4, 0.5) is 5.69 Å². The molecule has 0 unspecified atom stereocenters. The van der Waals surface area contributed by atoms with Crippen LogP contribution in [-0.2, 0) is 6.42 Å². The van der Waals surface area contributed by atoms with Crippen molar-refractivity contribution in [2.75, 3.05) is 0 Å². The van der Waals surface area contributed by atoms with Gasteiger partial charge < -0.3 is 0 Å². The number of nitro benzene ring substituents is 1. The first-order valence-electron chi connectivity index (χ1n) is 8.63. The molecule has 0 saturated heterocycles. The fourth-order valence-electron chi connectivity index (χ4n) is 2.52. The van der Waals surface area contributed by atoms with Crippen LogP contribution in [0.3, 0.4) is 0 Å². The second-order valence-electron chi connectivity index (χ2n) is 7.08. The van der Waals surface area contributed by atoms with E-state index in [2.05, 4.69) is 5.43 Å². The minimum atomic E-state index is -0.792. The van der Waals surface area contributed by atoms with Gasteiger partial charge in [-0.15, -0.1) is 0 Å². The van der Waals surface area contributed by atoms with Gasteiger partial charge >= 0.3 is 0 Å². The van der Waals surface area contributed by atoms with Gasteiger partial charge in [0.05, 0.1) is 10.5 Å². The van der Waals surface area contributed by atoms with E-state index in [9.17, 15) is 19.7 Å². The van der Waals surface area contributed by atoms with Crippen molar-refractivity contribution in [3.8, 4) is 0 Å². The molecule has 0 heterocycles. The molecule has 0 bridgehead atoms. The highest BCUT2D eigenvalue weighted by molar-refractivity contribution is 6.01. The van der Waals surface area contributed by atoms with Crippen LogP contribution < -0.4 is 5.43 Å². The molecule has 0 aliphatic rings. The number of carbonyl (C=O) groups excluding carboxylic acids is 2. The van der Waals surface area contributed by atoms with Crippen LogP contribution >= 0.6 is 0 Å². The Kier molecular flexibility index (Phi) is 5.95. The van der Waals surface area contributed by atoms with Crippen molar-refractivity contribution in [3.05, 3.63) is 75.3 Å². The lowest BCUT2D eigenvalue weighted by Crippen LogP contribution is -2.56. The molecule has 0 spiro atoms. The Balaban J connectivity index is 2.34. The van der Waals surface area contributed by atoms with Gasteiger partial charge in [0.2, 0.25) is 0 Å². The first kappa shape index (κ1) is 20.1. The Bertz CT molecular complexity index is 854. The van der Waals surface area contributed by atoms with Crippen LogP contribution in [0, 0.1) is 10.1 Å². The lowest BCUT2D eigenvalue weighted by molar-refractivity contribution is -0.385. The van der Waals surface area contributed by atoms with Gasteiger partial charge in [0.25, 0.3) is 17.5 Å². The Morgan fingerprint density at radius 1 is 1.07 bits per heavy atom. The number of para-hydroxylation sites is 1. The minimum Gasteiger partial charge on any atom is -0.267 e. The number of nitrogens with zero attached hydrogens (tertiary/aromatic N) is 2. The Morgan fingerprint density at radius 2 is 1.67 bits per heavy atom. The summed E-state index contributed by atoms with van der Waals surface area (Å²) in [5.74, 6) is -1.10. The molecule has 0 aliphatic heterocycles. The number of hydrogen-bond acceptors (Lipinski definition) is 4. The summed E-state index contributed by atoms with van der Waals surface area (Å²) < 4.78 is 0. The van der Waals surface area contributed by atoms with Crippen molar-refractivity contribution in [3.63, 3.8) is 0 Å². The third kappa shape index (κ3) is 4.69. The smallest absolute Gasteiger partial charge is 0.267 e. The SMILES string of the molecule is CCc1ccc(C(=O)NN(C(=O)c2ccccc2[N+](=O)[O-])C(C)(C)C)cc1. The van der Waals surface area contributed by atoms with Crippen molar-refractivity contribution < 1.29 is 14.5 Å². The zero-order valence-corrected chi connectivity index (χ0v) is 15.9. The normalized spacial score (nSPS) is 11.0. The van der Waals surface area contributed by atoms with Gasteiger partial charge in [0.1, 0.15) is 5.56 Å². The van der Waals surface area contributed by atoms with Crippen LogP contribution in [0.25, 0.3) is 0 Å². The molecule has 7 heteroatoms. The molecule has 0 aromatic heterocycles. The van der Waals surface area contributed by atoms with Crippen molar-refractivity contribution in [1.82, 2.24) is 10.4 Å². The van der Waals surface area contributed by atoms with Gasteiger partial charge in [-0.1, -0.05) is 31.2 Å². The number of hydrazine groups is 1. The lowest BCUT2D eigenvalue weighted by atomic mass is 10.1. The number of nitro groups is 1. The highest BCUT2D eigenvalue weighted by Gasteiger charge is 2.33. The maximum atomic E-state index is 13.0. The van der Waals surface area contributed by atoms with Crippen molar-refractivity contribution in [2.24, 2.45) is 0 Å². The molecule has 2 amide bonds. The molecular formula is C20H23N3O4. The van der Waals surface area contributed by atoms with Crippen LogP contribution in [-0.4, -0.2) is 27.3 Å². The van der Waals surface area contributed by atoms with E-state index in [0.29, 0.717) is 5.56 Å². The monoisotopic (exact) mass is 369 g/mol. The van der Waals surface area contributed by atoms with E-state index in [1.807, 2.05) is 19.1 Å². The van der Waals surface area contributed by atoms with Gasteiger partial charge in [-0.25, -0.2) is 5.01 Å². The van der Waals surface area contributed by atoms with Crippen molar-refractivity contribution >= 4 is 17.5 Å². The molecule has 2 aromatic carbocycles. The molecule has 2 aromatic rings. The number of nitrogens with one attached hydrogen (secondary N) is 1. The lowest BCUT2D eigenvalue weighted by Gasteiger charge is -2.35. The molecule has 0 fully saturated rings. The van der Waals surface area contributed by atoms with Gasteiger partial charge in [0.15, 0.2) is 0 Å². The maximum absolute atomic E-state index is 13.0. The molecule has 0 aliphatic carbocycles. The second-order valence-corrected chi connectivity index (χ2v) is 7.08. The quantitative estimate of drug-likeness (QED) is 0.656. The Morgan fingerprint density at radius 3 is 2.19 bits per heavy atom. The number of carbonyl (C=O) groups is 2. The number of rotatable bonds is 4. The van der Waals surface area contributed by atoms with Crippen molar-refractivity contribution in [2.45, 2.75) is 39.7 Å². The van der Waals surface area contributed by atoms with Crippen LogP contribution in [0.5, 0.6) is 0 Å². The fraction of sp³-hybridized carbons (Fsp3) is 0.300. The molecule has 2 rings (SSSR count). The molecule has 0 saturated carbocycles. The average Bonchev–Trinajstić information content (AvgIpc) is 2.64. The van der Waals surface area contributed by atoms with Gasteiger partial charge in [-0.3, -0.25) is 25.1 Å². The summed E-state index contributed by atoms with van der Waals surface area (Å²) in [7, 11) is 0. The van der Waals surface area contributed by atoms with Crippen molar-refractivity contribution in [1.29, 1.82) is 0 Å². The predicted molar refractivity (Wildman–Crippen MR) is 102 cm³/mol. The minimum absolute atomic E-state index is 0.0842. The summed E-state index contributed by atoms with van der Waals surface area (Å²) in [6.45, 7) is 7.22. The third-order valence-corrected chi connectivity index (χ3v) is 4.04. The van der Waals surface area contributed by atoms with E-state index in [-0.39, 0.29) is 11.3 Å². The van der Waals surface area contributed by atoms with Crippen LogP contribution in [0.15, 0.2) is 48.5 Å². The maximum Gasteiger partial charge on any atom is 0.282 e. The third-order valence-electron chi connectivity index (χ3n) is 4.04. The summed E-state index contributed by atoms with van der Waals surface area (Å²) in [6, 6.07) is 12.7. The molecule has 142 valence electrons. The summed E-state index contributed by atoms with van der Waals surface area (Å²) in [4.78, 5) is 36.2. The molecule has 7 nitrogen and oxygen atoms in total. The van der Waals surface area contributed by atoms with E-state index >= 15 is 0 Å². The molecule has 0 radical (unpaired) electrons. The zero-order valence-electron chi connectivity index (χ0n) is 15.9. The summed E-state index contributed by atoms with van der Waals surface area (Å²) in [5, 5.41) is 12.4. The summed E-state index contributed by atoms with van der Waals surface area (Å²) in [6.07, 6.45) is 0.853. The molecule has 1 N–H and O–H groups in total. The van der Waals surface area contributed by atoms with Gasteiger partial charge in [-0.2, -0.15) is 0 Å². The number of amides is 2. The topological polar surface area (TPSA) is 92.6 Å². The molecular weight excluding hydrogens is 346 g/mol. The second kappa shape index (κ2) is 7.99. The van der Waals surface area contributed by atoms with E-state index in [0.717, 1.165) is 17.0 Å². The number of aryl methyl sites for hydroxylation is 1. The Hall–Kier alpha value is -3.22.